The van der Waals surface area contributed by atoms with Gasteiger partial charge in [0.1, 0.15) is 11.9 Å². The lowest BCUT2D eigenvalue weighted by Gasteiger charge is -2.11. The predicted octanol–water partition coefficient (Wildman–Crippen LogP) is 1.68. The number of carboxylic acid groups (broad SMARTS) is 1. The molecule has 1 unspecified atom stereocenters. The molecule has 1 atom stereocenters. The monoisotopic (exact) mass is 303 g/mol. The summed E-state index contributed by atoms with van der Waals surface area (Å²) in [5, 5.41) is 21.3. The Bertz CT molecular complexity index is 663. The molecule has 2 aromatic rings. The van der Waals surface area contributed by atoms with E-state index in [1.807, 2.05) is 0 Å². The summed E-state index contributed by atoms with van der Waals surface area (Å²) in [6.45, 7) is 1.81. The molecule has 6 heteroatoms. The van der Waals surface area contributed by atoms with Crippen LogP contribution in [0.1, 0.15) is 33.3 Å². The fraction of sp³-hybridized carbons (Fsp3) is 0.250. The highest BCUT2D eigenvalue weighted by molar-refractivity contribution is 5.88. The van der Waals surface area contributed by atoms with Crippen LogP contribution in [0.25, 0.3) is 0 Å². The standard InChI is InChI=1S/C16H17NO5/c1-10-7-12(16(20)21)5-4-11(10)8-15(19)17-9-13(18)14-3-2-6-22-14/h2-7,13,18H,8-9H2,1H3,(H,17,19)(H,20,21). The Morgan fingerprint density at radius 2 is 2.09 bits per heavy atom. The summed E-state index contributed by atoms with van der Waals surface area (Å²) in [4.78, 5) is 22.7. The molecule has 1 aromatic heterocycles. The van der Waals surface area contributed by atoms with E-state index in [9.17, 15) is 14.7 Å². The van der Waals surface area contributed by atoms with Crippen molar-refractivity contribution in [2.75, 3.05) is 6.54 Å². The second kappa shape index (κ2) is 6.91. The molecule has 1 amide bonds. The lowest BCUT2D eigenvalue weighted by molar-refractivity contribution is -0.121. The second-order valence-corrected chi connectivity index (χ2v) is 4.96. The van der Waals surface area contributed by atoms with Crippen LogP contribution >= 0.6 is 0 Å². The number of amides is 1. The molecule has 0 aliphatic carbocycles. The molecular formula is C16H17NO5. The van der Waals surface area contributed by atoms with Gasteiger partial charge >= 0.3 is 5.97 Å². The molecule has 0 fully saturated rings. The highest BCUT2D eigenvalue weighted by atomic mass is 16.4. The third-order valence-electron chi connectivity index (χ3n) is 3.30. The summed E-state index contributed by atoms with van der Waals surface area (Å²) in [6.07, 6.45) is 0.680. The Hall–Kier alpha value is -2.60. The molecule has 3 N–H and O–H groups in total. The van der Waals surface area contributed by atoms with E-state index < -0.39 is 12.1 Å². The normalized spacial score (nSPS) is 11.9. The lowest BCUT2D eigenvalue weighted by Crippen LogP contribution is -2.29. The molecule has 0 aliphatic heterocycles. The van der Waals surface area contributed by atoms with Gasteiger partial charge in [0, 0.05) is 0 Å². The SMILES string of the molecule is Cc1cc(C(=O)O)ccc1CC(=O)NCC(O)c1ccco1. The van der Waals surface area contributed by atoms with Gasteiger partial charge in [0.2, 0.25) is 5.91 Å². The Morgan fingerprint density at radius 1 is 1.32 bits per heavy atom. The van der Waals surface area contributed by atoms with Crippen molar-refractivity contribution in [2.45, 2.75) is 19.4 Å². The fourth-order valence-corrected chi connectivity index (χ4v) is 2.05. The molecule has 2 rings (SSSR count). The van der Waals surface area contributed by atoms with E-state index in [1.54, 1.807) is 25.1 Å². The smallest absolute Gasteiger partial charge is 0.335 e. The van der Waals surface area contributed by atoms with Crippen molar-refractivity contribution in [1.82, 2.24) is 5.32 Å². The quantitative estimate of drug-likeness (QED) is 0.754. The molecule has 0 aliphatic rings. The minimum Gasteiger partial charge on any atom is -0.478 e. The minimum absolute atomic E-state index is 0.0542. The molecule has 0 spiro atoms. The Morgan fingerprint density at radius 3 is 2.68 bits per heavy atom. The predicted molar refractivity (Wildman–Crippen MR) is 78.5 cm³/mol. The minimum atomic E-state index is -0.999. The van der Waals surface area contributed by atoms with E-state index in [1.165, 1.54) is 18.4 Å². The van der Waals surface area contributed by atoms with Gasteiger partial charge in [-0.2, -0.15) is 0 Å². The van der Waals surface area contributed by atoms with Crippen molar-refractivity contribution in [3.63, 3.8) is 0 Å². The average Bonchev–Trinajstić information content (AvgIpc) is 3.01. The van der Waals surface area contributed by atoms with Crippen LogP contribution in [0.5, 0.6) is 0 Å². The first kappa shape index (κ1) is 15.8. The van der Waals surface area contributed by atoms with Crippen molar-refractivity contribution in [2.24, 2.45) is 0 Å². The van der Waals surface area contributed by atoms with Gasteiger partial charge in [0.25, 0.3) is 0 Å². The first-order chi connectivity index (χ1) is 10.5. The molecule has 0 bridgehead atoms. The van der Waals surface area contributed by atoms with E-state index in [-0.39, 0.29) is 24.4 Å². The summed E-state index contributed by atoms with van der Waals surface area (Å²) in [5.41, 5.74) is 1.67. The number of rotatable bonds is 6. The van der Waals surface area contributed by atoms with E-state index in [4.69, 9.17) is 9.52 Å². The maximum absolute atomic E-state index is 11.9. The number of aryl methyl sites for hydroxylation is 1. The Balaban J connectivity index is 1.91. The zero-order chi connectivity index (χ0) is 16.1. The number of aliphatic hydroxyl groups is 1. The number of aromatic carboxylic acids is 1. The van der Waals surface area contributed by atoms with Gasteiger partial charge in [-0.05, 0) is 42.3 Å². The molecule has 1 aromatic carbocycles. The number of carboxylic acids is 1. The average molecular weight is 303 g/mol. The molecule has 1 heterocycles. The number of aliphatic hydroxyl groups excluding tert-OH is 1. The number of carbonyl (C=O) groups is 2. The summed E-state index contributed by atoms with van der Waals surface area (Å²) < 4.78 is 5.04. The topological polar surface area (TPSA) is 99.8 Å². The van der Waals surface area contributed by atoms with Crippen LogP contribution in [0.4, 0.5) is 0 Å². The van der Waals surface area contributed by atoms with Crippen molar-refractivity contribution < 1.29 is 24.2 Å². The maximum atomic E-state index is 11.9. The molecule has 0 saturated heterocycles. The third kappa shape index (κ3) is 3.95. The van der Waals surface area contributed by atoms with Crippen molar-refractivity contribution in [3.8, 4) is 0 Å². The van der Waals surface area contributed by atoms with Crippen molar-refractivity contribution >= 4 is 11.9 Å². The first-order valence-electron chi connectivity index (χ1n) is 6.78. The van der Waals surface area contributed by atoms with E-state index in [0.29, 0.717) is 5.76 Å². The second-order valence-electron chi connectivity index (χ2n) is 4.96. The van der Waals surface area contributed by atoms with Gasteiger partial charge in [0.05, 0.1) is 24.8 Å². The summed E-state index contributed by atoms with van der Waals surface area (Å²) in [6, 6.07) is 7.92. The van der Waals surface area contributed by atoms with Gasteiger partial charge in [-0.25, -0.2) is 4.79 Å². The molecule has 0 radical (unpaired) electrons. The first-order valence-corrected chi connectivity index (χ1v) is 6.78. The van der Waals surface area contributed by atoms with Gasteiger partial charge in [-0.15, -0.1) is 0 Å². The van der Waals surface area contributed by atoms with E-state index in [0.717, 1.165) is 11.1 Å². The van der Waals surface area contributed by atoms with Crippen LogP contribution in [0, 0.1) is 6.92 Å². The molecule has 116 valence electrons. The zero-order valence-electron chi connectivity index (χ0n) is 12.1. The Labute approximate surface area is 127 Å². The van der Waals surface area contributed by atoms with Crippen molar-refractivity contribution in [1.29, 1.82) is 0 Å². The van der Waals surface area contributed by atoms with E-state index in [2.05, 4.69) is 5.32 Å². The number of hydrogen-bond donors (Lipinski definition) is 3. The van der Waals surface area contributed by atoms with Crippen molar-refractivity contribution in [3.05, 3.63) is 59.0 Å². The molecule has 6 nitrogen and oxygen atoms in total. The fourth-order valence-electron chi connectivity index (χ4n) is 2.05. The maximum Gasteiger partial charge on any atom is 0.335 e. The van der Waals surface area contributed by atoms with E-state index >= 15 is 0 Å². The summed E-state index contributed by atoms with van der Waals surface area (Å²) >= 11 is 0. The number of carbonyl (C=O) groups excluding carboxylic acids is 1. The number of benzene rings is 1. The van der Waals surface area contributed by atoms with Crippen LogP contribution < -0.4 is 5.32 Å². The van der Waals surface area contributed by atoms with Crippen LogP contribution in [0.15, 0.2) is 41.0 Å². The van der Waals surface area contributed by atoms with Gasteiger partial charge in [0.15, 0.2) is 0 Å². The molecule has 0 saturated carbocycles. The Kier molecular flexibility index (Phi) is 4.95. The van der Waals surface area contributed by atoms with Crippen LogP contribution in [-0.4, -0.2) is 28.6 Å². The highest BCUT2D eigenvalue weighted by Gasteiger charge is 2.13. The third-order valence-corrected chi connectivity index (χ3v) is 3.30. The van der Waals surface area contributed by atoms with Gasteiger partial charge in [-0.1, -0.05) is 6.07 Å². The number of furan rings is 1. The molecular weight excluding hydrogens is 286 g/mol. The van der Waals surface area contributed by atoms with Crippen LogP contribution in [0.3, 0.4) is 0 Å². The zero-order valence-corrected chi connectivity index (χ0v) is 12.1. The molecule has 22 heavy (non-hydrogen) atoms. The highest BCUT2D eigenvalue weighted by Crippen LogP contribution is 2.13. The largest absolute Gasteiger partial charge is 0.478 e. The van der Waals surface area contributed by atoms with Gasteiger partial charge in [-0.3, -0.25) is 4.79 Å². The summed E-state index contributed by atoms with van der Waals surface area (Å²) in [5.74, 6) is -0.861. The number of hydrogen-bond acceptors (Lipinski definition) is 4. The van der Waals surface area contributed by atoms with Gasteiger partial charge < -0.3 is 19.9 Å². The van der Waals surface area contributed by atoms with Crippen LogP contribution in [0.2, 0.25) is 0 Å². The summed E-state index contributed by atoms with van der Waals surface area (Å²) in [7, 11) is 0. The van der Waals surface area contributed by atoms with Crippen LogP contribution in [-0.2, 0) is 11.2 Å². The number of nitrogens with one attached hydrogen (secondary N) is 1. The lowest BCUT2D eigenvalue weighted by atomic mass is 10.0.